The minimum atomic E-state index is -0.122. The molecule has 0 fully saturated rings. The summed E-state index contributed by atoms with van der Waals surface area (Å²) in [5.74, 6) is -0.122. The molecule has 1 aromatic carbocycles. The molecule has 0 radical (unpaired) electrons. The molecule has 0 saturated carbocycles. The highest BCUT2D eigenvalue weighted by molar-refractivity contribution is 5.23. The van der Waals surface area contributed by atoms with Gasteiger partial charge in [-0.15, -0.1) is 0 Å². The number of aryl methyl sites for hydroxylation is 1. The van der Waals surface area contributed by atoms with E-state index in [0.717, 1.165) is 17.7 Å². The van der Waals surface area contributed by atoms with Crippen molar-refractivity contribution in [2.75, 3.05) is 0 Å². The van der Waals surface area contributed by atoms with Crippen LogP contribution in [0.1, 0.15) is 44.2 Å². The van der Waals surface area contributed by atoms with E-state index in [2.05, 4.69) is 19.2 Å². The molecule has 0 aliphatic carbocycles. The molecule has 16 heavy (non-hydrogen) atoms. The number of nitrogens with one attached hydrogen (secondary N) is 1. The minimum Gasteiger partial charge on any atom is -0.310 e. The van der Waals surface area contributed by atoms with Crippen molar-refractivity contribution in [1.29, 1.82) is 0 Å². The molecule has 1 atom stereocenters. The summed E-state index contributed by atoms with van der Waals surface area (Å²) in [7, 11) is 0. The van der Waals surface area contributed by atoms with Gasteiger partial charge in [0, 0.05) is 12.6 Å². The Kier molecular flexibility index (Phi) is 5.47. The average molecular weight is 223 g/mol. The summed E-state index contributed by atoms with van der Waals surface area (Å²) < 4.78 is 13.0. The molecular weight excluding hydrogens is 201 g/mol. The van der Waals surface area contributed by atoms with Gasteiger partial charge >= 0.3 is 0 Å². The van der Waals surface area contributed by atoms with Gasteiger partial charge in [-0.2, -0.15) is 0 Å². The van der Waals surface area contributed by atoms with Gasteiger partial charge in [-0.25, -0.2) is 4.39 Å². The monoisotopic (exact) mass is 223 g/mol. The lowest BCUT2D eigenvalue weighted by molar-refractivity contribution is 0.494. The molecule has 1 N–H and O–H groups in total. The Morgan fingerprint density at radius 2 is 2.12 bits per heavy atom. The quantitative estimate of drug-likeness (QED) is 0.773. The van der Waals surface area contributed by atoms with E-state index in [1.165, 1.54) is 19.3 Å². The normalized spacial score (nSPS) is 12.8. The van der Waals surface area contributed by atoms with Crippen molar-refractivity contribution in [3.63, 3.8) is 0 Å². The van der Waals surface area contributed by atoms with Gasteiger partial charge in [0.1, 0.15) is 5.82 Å². The van der Waals surface area contributed by atoms with Crippen molar-refractivity contribution in [3.05, 3.63) is 35.1 Å². The molecule has 1 aromatic rings. The zero-order valence-corrected chi connectivity index (χ0v) is 10.5. The standard InChI is InChI=1S/C14H22FN/c1-4-5-6-12(3)16-10-13-7-8-14(15)11(2)9-13/h7-9,12,16H,4-6,10H2,1-3H3. The second-order valence-electron chi connectivity index (χ2n) is 4.51. The van der Waals surface area contributed by atoms with Crippen LogP contribution in [0, 0.1) is 12.7 Å². The third-order valence-electron chi connectivity index (χ3n) is 2.87. The maximum Gasteiger partial charge on any atom is 0.126 e. The molecule has 90 valence electrons. The molecule has 2 heteroatoms. The third-order valence-corrected chi connectivity index (χ3v) is 2.87. The number of rotatable bonds is 6. The highest BCUT2D eigenvalue weighted by Gasteiger charge is 2.02. The SMILES string of the molecule is CCCCC(C)NCc1ccc(F)c(C)c1. The van der Waals surface area contributed by atoms with Crippen LogP contribution in [0.15, 0.2) is 18.2 Å². The summed E-state index contributed by atoms with van der Waals surface area (Å²) >= 11 is 0. The Labute approximate surface area is 98.1 Å². The van der Waals surface area contributed by atoms with E-state index in [1.807, 2.05) is 12.1 Å². The van der Waals surface area contributed by atoms with Crippen molar-refractivity contribution >= 4 is 0 Å². The summed E-state index contributed by atoms with van der Waals surface area (Å²) in [6.45, 7) is 7.04. The van der Waals surface area contributed by atoms with Crippen molar-refractivity contribution in [3.8, 4) is 0 Å². The van der Waals surface area contributed by atoms with E-state index in [1.54, 1.807) is 13.0 Å². The van der Waals surface area contributed by atoms with Crippen molar-refractivity contribution in [1.82, 2.24) is 5.32 Å². The first-order valence-corrected chi connectivity index (χ1v) is 6.12. The van der Waals surface area contributed by atoms with Crippen molar-refractivity contribution < 1.29 is 4.39 Å². The van der Waals surface area contributed by atoms with Crippen LogP contribution in [0.2, 0.25) is 0 Å². The number of hydrogen-bond donors (Lipinski definition) is 1. The molecule has 0 bridgehead atoms. The van der Waals surface area contributed by atoms with Crippen LogP contribution in [0.4, 0.5) is 4.39 Å². The maximum absolute atomic E-state index is 13.0. The van der Waals surface area contributed by atoms with Crippen molar-refractivity contribution in [2.24, 2.45) is 0 Å². The van der Waals surface area contributed by atoms with Gasteiger partial charge in [-0.05, 0) is 37.5 Å². The largest absolute Gasteiger partial charge is 0.310 e. The topological polar surface area (TPSA) is 12.0 Å². The number of hydrogen-bond acceptors (Lipinski definition) is 1. The van der Waals surface area contributed by atoms with Gasteiger partial charge in [0.2, 0.25) is 0 Å². The van der Waals surface area contributed by atoms with Gasteiger partial charge in [-0.3, -0.25) is 0 Å². The Morgan fingerprint density at radius 3 is 2.75 bits per heavy atom. The lowest BCUT2D eigenvalue weighted by atomic mass is 10.1. The maximum atomic E-state index is 13.0. The molecule has 0 aliphatic rings. The fourth-order valence-electron chi connectivity index (χ4n) is 1.72. The summed E-state index contributed by atoms with van der Waals surface area (Å²) in [5, 5.41) is 3.46. The highest BCUT2D eigenvalue weighted by Crippen LogP contribution is 2.09. The molecule has 0 amide bonds. The fourth-order valence-corrected chi connectivity index (χ4v) is 1.72. The summed E-state index contributed by atoms with van der Waals surface area (Å²) in [6, 6.07) is 5.84. The third kappa shape index (κ3) is 4.31. The van der Waals surface area contributed by atoms with E-state index in [-0.39, 0.29) is 5.82 Å². The molecule has 1 unspecified atom stereocenters. The van der Waals surface area contributed by atoms with Crippen LogP contribution in [0.3, 0.4) is 0 Å². The Morgan fingerprint density at radius 1 is 1.38 bits per heavy atom. The van der Waals surface area contributed by atoms with Gasteiger partial charge in [-0.1, -0.05) is 31.9 Å². The lowest BCUT2D eigenvalue weighted by Crippen LogP contribution is -2.25. The Balaban J connectivity index is 2.39. The zero-order valence-electron chi connectivity index (χ0n) is 10.5. The van der Waals surface area contributed by atoms with Crippen LogP contribution in [-0.4, -0.2) is 6.04 Å². The molecule has 1 nitrogen and oxygen atoms in total. The zero-order chi connectivity index (χ0) is 12.0. The van der Waals surface area contributed by atoms with Crippen LogP contribution in [0.5, 0.6) is 0 Å². The number of benzene rings is 1. The van der Waals surface area contributed by atoms with E-state index in [4.69, 9.17) is 0 Å². The van der Waals surface area contributed by atoms with Crippen molar-refractivity contribution in [2.45, 2.75) is 52.6 Å². The average Bonchev–Trinajstić information content (AvgIpc) is 2.28. The van der Waals surface area contributed by atoms with E-state index in [0.29, 0.717) is 6.04 Å². The molecule has 0 spiro atoms. The number of halogens is 1. The van der Waals surface area contributed by atoms with Crippen LogP contribution in [0.25, 0.3) is 0 Å². The highest BCUT2D eigenvalue weighted by atomic mass is 19.1. The van der Waals surface area contributed by atoms with Crippen LogP contribution < -0.4 is 5.32 Å². The predicted molar refractivity (Wildman–Crippen MR) is 67.0 cm³/mol. The van der Waals surface area contributed by atoms with Gasteiger partial charge in [0.25, 0.3) is 0 Å². The Hall–Kier alpha value is -0.890. The predicted octanol–water partition coefficient (Wildman–Crippen LogP) is 3.80. The first-order chi connectivity index (χ1) is 7.63. The first-order valence-electron chi connectivity index (χ1n) is 6.12. The van der Waals surface area contributed by atoms with E-state index >= 15 is 0 Å². The summed E-state index contributed by atoms with van der Waals surface area (Å²) in [4.78, 5) is 0. The van der Waals surface area contributed by atoms with Gasteiger partial charge < -0.3 is 5.32 Å². The van der Waals surface area contributed by atoms with Crippen LogP contribution >= 0.6 is 0 Å². The smallest absolute Gasteiger partial charge is 0.126 e. The Bertz CT molecular complexity index is 323. The number of unbranched alkanes of at least 4 members (excludes halogenated alkanes) is 1. The summed E-state index contributed by atoms with van der Waals surface area (Å²) in [5.41, 5.74) is 1.88. The first kappa shape index (κ1) is 13.2. The molecule has 1 rings (SSSR count). The van der Waals surface area contributed by atoms with Gasteiger partial charge in [0.05, 0.1) is 0 Å². The second-order valence-corrected chi connectivity index (χ2v) is 4.51. The van der Waals surface area contributed by atoms with E-state index < -0.39 is 0 Å². The fraction of sp³-hybridized carbons (Fsp3) is 0.571. The minimum absolute atomic E-state index is 0.122. The molecular formula is C14H22FN. The molecule has 0 heterocycles. The molecule has 0 aliphatic heterocycles. The molecule has 0 saturated heterocycles. The molecule has 0 aromatic heterocycles. The lowest BCUT2D eigenvalue weighted by Gasteiger charge is -2.13. The summed E-state index contributed by atoms with van der Waals surface area (Å²) in [6.07, 6.45) is 3.70. The second kappa shape index (κ2) is 6.64. The van der Waals surface area contributed by atoms with E-state index in [9.17, 15) is 4.39 Å². The van der Waals surface area contributed by atoms with Gasteiger partial charge in [0.15, 0.2) is 0 Å². The van der Waals surface area contributed by atoms with Crippen LogP contribution in [-0.2, 0) is 6.54 Å².